The van der Waals surface area contributed by atoms with Crippen LogP contribution >= 0.6 is 0 Å². The molecule has 144 valence electrons. The van der Waals surface area contributed by atoms with Crippen molar-refractivity contribution in [2.75, 3.05) is 18.1 Å². The number of carbonyl (C=O) groups is 2. The van der Waals surface area contributed by atoms with E-state index in [0.29, 0.717) is 25.4 Å². The Morgan fingerprint density at radius 3 is 2.70 bits per heavy atom. The van der Waals surface area contributed by atoms with E-state index < -0.39 is 0 Å². The predicted molar refractivity (Wildman–Crippen MR) is 103 cm³/mol. The van der Waals surface area contributed by atoms with E-state index in [2.05, 4.69) is 24.3 Å². The molecule has 1 unspecified atom stereocenters. The van der Waals surface area contributed by atoms with E-state index in [1.165, 1.54) is 0 Å². The molecule has 27 heavy (non-hydrogen) atoms. The van der Waals surface area contributed by atoms with Gasteiger partial charge >= 0.3 is 6.09 Å². The zero-order valence-corrected chi connectivity index (χ0v) is 16.2. The number of amides is 2. The fourth-order valence-electron chi connectivity index (χ4n) is 3.09. The van der Waals surface area contributed by atoms with Crippen LogP contribution in [0.15, 0.2) is 30.3 Å². The molecule has 1 aliphatic heterocycles. The van der Waals surface area contributed by atoms with Crippen LogP contribution in [0.5, 0.6) is 0 Å². The monoisotopic (exact) mass is 370 g/mol. The normalized spacial score (nSPS) is 15.1. The van der Waals surface area contributed by atoms with Crippen LogP contribution in [0.3, 0.4) is 0 Å². The van der Waals surface area contributed by atoms with Gasteiger partial charge in [-0.3, -0.25) is 14.4 Å². The van der Waals surface area contributed by atoms with Gasteiger partial charge in [-0.05, 0) is 43.5 Å². The largest absolute Gasteiger partial charge is 0.447 e. The summed E-state index contributed by atoms with van der Waals surface area (Å²) >= 11 is 0. The van der Waals surface area contributed by atoms with Crippen LogP contribution in [0, 0.1) is 0 Å². The van der Waals surface area contributed by atoms with Gasteiger partial charge in [0.05, 0.1) is 18.3 Å². The number of nitrogens with zero attached hydrogens (tertiary/aromatic N) is 3. The molecule has 7 nitrogen and oxygen atoms in total. The Labute approximate surface area is 159 Å². The summed E-state index contributed by atoms with van der Waals surface area (Å²) < 4.78 is 6.73. The van der Waals surface area contributed by atoms with Crippen LogP contribution in [0.25, 0.3) is 0 Å². The lowest BCUT2D eigenvalue weighted by molar-refractivity contribution is 0.0929. The van der Waals surface area contributed by atoms with E-state index in [-0.39, 0.29) is 24.0 Å². The lowest BCUT2D eigenvalue weighted by Crippen LogP contribution is -2.29. The zero-order chi connectivity index (χ0) is 19.6. The molecule has 1 N–H and O–H groups in total. The maximum atomic E-state index is 12.8. The highest BCUT2D eigenvalue weighted by atomic mass is 16.6. The molecule has 0 saturated carbocycles. The molecular weight excluding hydrogens is 344 g/mol. The lowest BCUT2D eigenvalue weighted by Gasteiger charge is -2.18. The van der Waals surface area contributed by atoms with Crippen molar-refractivity contribution >= 4 is 17.7 Å². The summed E-state index contributed by atoms with van der Waals surface area (Å²) in [5, 5.41) is 7.54. The summed E-state index contributed by atoms with van der Waals surface area (Å²) in [7, 11) is 0. The zero-order valence-electron chi connectivity index (χ0n) is 16.2. The van der Waals surface area contributed by atoms with Gasteiger partial charge in [0.25, 0.3) is 5.91 Å². The van der Waals surface area contributed by atoms with Crippen molar-refractivity contribution in [3.8, 4) is 0 Å². The number of rotatable bonds is 6. The number of aryl methyl sites for hydroxylation is 1. The van der Waals surface area contributed by atoms with Gasteiger partial charge < -0.3 is 10.1 Å². The maximum Gasteiger partial charge on any atom is 0.414 e. The molecule has 2 heterocycles. The molecule has 2 amide bonds. The third-order valence-electron chi connectivity index (χ3n) is 4.71. The van der Waals surface area contributed by atoms with Crippen LogP contribution in [-0.2, 0) is 11.3 Å². The Kier molecular flexibility index (Phi) is 5.48. The lowest BCUT2D eigenvalue weighted by atomic mass is 10.1. The number of anilines is 1. The van der Waals surface area contributed by atoms with Crippen molar-refractivity contribution in [2.45, 2.75) is 46.2 Å². The summed E-state index contributed by atoms with van der Waals surface area (Å²) in [6, 6.07) is 9.24. The molecule has 1 fully saturated rings. The van der Waals surface area contributed by atoms with Gasteiger partial charge in [0.15, 0.2) is 0 Å². The molecular formula is C20H26N4O3. The van der Waals surface area contributed by atoms with Crippen LogP contribution in [-0.4, -0.2) is 34.9 Å². The molecule has 0 aliphatic carbocycles. The quantitative estimate of drug-likeness (QED) is 0.845. The van der Waals surface area contributed by atoms with Gasteiger partial charge in [0.1, 0.15) is 12.3 Å². The number of aromatic nitrogens is 2. The molecule has 3 rings (SSSR count). The predicted octanol–water partition coefficient (Wildman–Crippen LogP) is 3.47. The number of ether oxygens (including phenoxy) is 1. The molecule has 1 saturated heterocycles. The summed E-state index contributed by atoms with van der Waals surface area (Å²) in [6.07, 6.45) is -0.336. The highest BCUT2D eigenvalue weighted by molar-refractivity contribution is 5.93. The molecule has 2 aromatic rings. The van der Waals surface area contributed by atoms with Crippen molar-refractivity contribution in [3.63, 3.8) is 0 Å². The van der Waals surface area contributed by atoms with Gasteiger partial charge in [-0.2, -0.15) is 5.10 Å². The Morgan fingerprint density at radius 2 is 2.07 bits per heavy atom. The minimum Gasteiger partial charge on any atom is -0.447 e. The number of hydrogen-bond donors (Lipinski definition) is 1. The Hall–Kier alpha value is -2.83. The fourth-order valence-corrected chi connectivity index (χ4v) is 3.09. The van der Waals surface area contributed by atoms with Crippen LogP contribution in [0.1, 0.15) is 61.4 Å². The van der Waals surface area contributed by atoms with E-state index in [1.807, 2.05) is 44.2 Å². The first-order valence-corrected chi connectivity index (χ1v) is 9.33. The average molecular weight is 370 g/mol. The molecule has 0 spiro atoms. The van der Waals surface area contributed by atoms with E-state index in [0.717, 1.165) is 16.9 Å². The van der Waals surface area contributed by atoms with E-state index in [4.69, 9.17) is 4.74 Å². The van der Waals surface area contributed by atoms with Gasteiger partial charge in [-0.1, -0.05) is 26.0 Å². The third kappa shape index (κ3) is 3.97. The first-order valence-electron chi connectivity index (χ1n) is 9.33. The molecule has 0 bridgehead atoms. The van der Waals surface area contributed by atoms with Crippen molar-refractivity contribution in [1.82, 2.24) is 15.1 Å². The highest BCUT2D eigenvalue weighted by Crippen LogP contribution is 2.23. The number of cyclic esters (lactones) is 1. The molecule has 7 heteroatoms. The summed E-state index contributed by atoms with van der Waals surface area (Å²) in [6.45, 7) is 9.58. The maximum absolute atomic E-state index is 12.8. The fraction of sp³-hybridized carbons (Fsp3) is 0.450. The molecule has 1 aromatic carbocycles. The Morgan fingerprint density at radius 1 is 1.30 bits per heavy atom. The third-order valence-corrected chi connectivity index (χ3v) is 4.71. The topological polar surface area (TPSA) is 76.5 Å². The number of nitrogens with one attached hydrogen (secondary N) is 1. The van der Waals surface area contributed by atoms with Crippen LogP contribution in [0.4, 0.5) is 10.5 Å². The summed E-state index contributed by atoms with van der Waals surface area (Å²) in [5.41, 5.74) is 3.17. The van der Waals surface area contributed by atoms with E-state index >= 15 is 0 Å². The molecule has 0 radical (unpaired) electrons. The second-order valence-electron chi connectivity index (χ2n) is 6.98. The van der Waals surface area contributed by atoms with Gasteiger partial charge in [0, 0.05) is 12.2 Å². The Balaban J connectivity index is 1.76. The van der Waals surface area contributed by atoms with Crippen molar-refractivity contribution in [1.29, 1.82) is 0 Å². The summed E-state index contributed by atoms with van der Waals surface area (Å²) in [5.74, 6) is 0.105. The first-order chi connectivity index (χ1) is 12.9. The van der Waals surface area contributed by atoms with E-state index in [1.54, 1.807) is 9.58 Å². The average Bonchev–Trinajstić information content (AvgIpc) is 3.28. The molecule has 1 atom stereocenters. The number of benzene rings is 1. The standard InChI is InChI=1S/C20H26N4O3/c1-5-24-18(12-17(22-24)13(2)3)19(25)21-14(4)15-7-6-8-16(11-15)23-9-10-27-20(23)26/h6-8,11-14H,5,9-10H2,1-4H3,(H,21,25). The minimum atomic E-state index is -0.336. The SMILES string of the molecule is CCn1nc(C(C)C)cc1C(=O)NC(C)c1cccc(N2CCOC2=O)c1. The van der Waals surface area contributed by atoms with E-state index in [9.17, 15) is 9.59 Å². The summed E-state index contributed by atoms with van der Waals surface area (Å²) in [4.78, 5) is 26.1. The van der Waals surface area contributed by atoms with Crippen molar-refractivity contribution < 1.29 is 14.3 Å². The Bertz CT molecular complexity index is 844. The second-order valence-corrected chi connectivity index (χ2v) is 6.98. The highest BCUT2D eigenvalue weighted by Gasteiger charge is 2.24. The second kappa shape index (κ2) is 7.82. The minimum absolute atomic E-state index is 0.158. The number of carbonyl (C=O) groups excluding carboxylic acids is 2. The number of hydrogen-bond acceptors (Lipinski definition) is 4. The van der Waals surface area contributed by atoms with Gasteiger partial charge in [-0.15, -0.1) is 0 Å². The van der Waals surface area contributed by atoms with Crippen LogP contribution in [0.2, 0.25) is 0 Å². The first kappa shape index (κ1) is 18.9. The van der Waals surface area contributed by atoms with Crippen molar-refractivity contribution in [2.24, 2.45) is 0 Å². The molecule has 1 aliphatic rings. The van der Waals surface area contributed by atoms with Crippen molar-refractivity contribution in [3.05, 3.63) is 47.3 Å². The molecule has 1 aromatic heterocycles. The van der Waals surface area contributed by atoms with Gasteiger partial charge in [0.2, 0.25) is 0 Å². The smallest absolute Gasteiger partial charge is 0.414 e. The van der Waals surface area contributed by atoms with Crippen LogP contribution < -0.4 is 10.2 Å². The van der Waals surface area contributed by atoms with Gasteiger partial charge in [-0.25, -0.2) is 4.79 Å².